The van der Waals surface area contributed by atoms with E-state index in [-0.39, 0.29) is 18.1 Å². The molecule has 2 rings (SSSR count). The highest BCUT2D eigenvalue weighted by Crippen LogP contribution is 2.20. The molecule has 0 saturated heterocycles. The number of hydrogen-bond donors (Lipinski definition) is 1. The van der Waals surface area contributed by atoms with E-state index in [0.717, 1.165) is 34.7 Å². The minimum Gasteiger partial charge on any atom is -0.354 e. The molecule has 0 heterocycles. The van der Waals surface area contributed by atoms with Crippen molar-refractivity contribution < 1.29 is 22.4 Å². The van der Waals surface area contributed by atoms with E-state index in [9.17, 15) is 22.4 Å². The van der Waals surface area contributed by atoms with Gasteiger partial charge in [0, 0.05) is 18.1 Å². The molecule has 0 spiro atoms. The normalized spacial score (nSPS) is 12.2. The minimum atomic E-state index is -3.85. The van der Waals surface area contributed by atoms with Crippen molar-refractivity contribution in [1.82, 2.24) is 10.2 Å². The molecule has 10 heteroatoms. The molecular weight excluding hydrogens is 457 g/mol. The van der Waals surface area contributed by atoms with E-state index in [0.29, 0.717) is 11.6 Å². The van der Waals surface area contributed by atoms with Crippen LogP contribution >= 0.6 is 11.6 Å². The van der Waals surface area contributed by atoms with Crippen LogP contribution in [-0.2, 0) is 26.2 Å². The molecule has 0 unspecified atom stereocenters. The molecule has 0 aromatic heterocycles. The Bertz CT molecular complexity index is 1030. The summed E-state index contributed by atoms with van der Waals surface area (Å²) in [5, 5.41) is 3.28. The lowest BCUT2D eigenvalue weighted by Crippen LogP contribution is -2.51. The zero-order chi connectivity index (χ0) is 23.9. The molecule has 1 N–H and O–H groups in total. The van der Waals surface area contributed by atoms with Gasteiger partial charge in [-0.2, -0.15) is 0 Å². The van der Waals surface area contributed by atoms with Gasteiger partial charge in [-0.3, -0.25) is 13.9 Å². The fourth-order valence-electron chi connectivity index (χ4n) is 2.99. The van der Waals surface area contributed by atoms with Crippen LogP contribution in [0.15, 0.2) is 48.5 Å². The fourth-order valence-corrected chi connectivity index (χ4v) is 3.96. The highest BCUT2D eigenvalue weighted by Gasteiger charge is 2.30. The van der Waals surface area contributed by atoms with Crippen molar-refractivity contribution in [3.8, 4) is 0 Å². The number of benzene rings is 2. The SMILES string of the molecule is CCCNC(=O)[C@H](C)N(Cc1ccc(Cl)cc1)C(=O)CN(c1ccc(F)cc1)S(C)(=O)=O. The fraction of sp³-hybridized carbons (Fsp3) is 0.364. The third kappa shape index (κ3) is 7.20. The van der Waals surface area contributed by atoms with Gasteiger partial charge in [0.2, 0.25) is 21.8 Å². The average molecular weight is 484 g/mol. The third-order valence-corrected chi connectivity index (χ3v) is 6.17. The molecule has 1 atom stereocenters. The topological polar surface area (TPSA) is 86.8 Å². The molecule has 174 valence electrons. The van der Waals surface area contributed by atoms with Crippen molar-refractivity contribution in [2.45, 2.75) is 32.9 Å². The Morgan fingerprint density at radius 1 is 1.09 bits per heavy atom. The molecule has 32 heavy (non-hydrogen) atoms. The van der Waals surface area contributed by atoms with E-state index >= 15 is 0 Å². The molecule has 0 aliphatic heterocycles. The van der Waals surface area contributed by atoms with E-state index in [1.807, 2.05) is 6.92 Å². The summed E-state index contributed by atoms with van der Waals surface area (Å²) in [6, 6.07) is 10.7. The third-order valence-electron chi connectivity index (χ3n) is 4.78. The lowest BCUT2D eigenvalue weighted by Gasteiger charge is -2.31. The monoisotopic (exact) mass is 483 g/mol. The number of hydrogen-bond acceptors (Lipinski definition) is 4. The molecule has 0 saturated carbocycles. The molecule has 0 radical (unpaired) electrons. The number of nitrogens with one attached hydrogen (secondary N) is 1. The molecule has 0 aliphatic carbocycles. The van der Waals surface area contributed by atoms with Crippen molar-refractivity contribution in [3.05, 3.63) is 64.9 Å². The van der Waals surface area contributed by atoms with Gasteiger partial charge in [0.1, 0.15) is 18.4 Å². The number of anilines is 1. The van der Waals surface area contributed by atoms with Crippen LogP contribution in [0, 0.1) is 5.82 Å². The zero-order valence-electron chi connectivity index (χ0n) is 18.2. The van der Waals surface area contributed by atoms with Gasteiger partial charge in [-0.25, -0.2) is 12.8 Å². The largest absolute Gasteiger partial charge is 0.354 e. The van der Waals surface area contributed by atoms with Gasteiger partial charge in [0.15, 0.2) is 0 Å². The first-order valence-corrected chi connectivity index (χ1v) is 12.3. The predicted octanol–water partition coefficient (Wildman–Crippen LogP) is 3.19. The molecular formula is C22H27ClFN3O4S. The summed E-state index contributed by atoms with van der Waals surface area (Å²) >= 11 is 5.93. The Balaban J connectivity index is 2.34. The van der Waals surface area contributed by atoms with Gasteiger partial charge < -0.3 is 10.2 Å². The average Bonchev–Trinajstić information content (AvgIpc) is 2.74. The van der Waals surface area contributed by atoms with Crippen LogP contribution in [0.1, 0.15) is 25.8 Å². The highest BCUT2D eigenvalue weighted by molar-refractivity contribution is 7.92. The maximum atomic E-state index is 13.3. The first-order valence-electron chi connectivity index (χ1n) is 10.1. The number of rotatable bonds is 10. The standard InChI is InChI=1S/C22H27ClFN3O4S/c1-4-13-25-22(29)16(2)26(14-17-5-7-18(23)8-6-17)21(28)15-27(32(3,30)31)20-11-9-19(24)10-12-20/h5-12,16H,4,13-15H2,1-3H3,(H,25,29)/t16-/m0/s1. The summed E-state index contributed by atoms with van der Waals surface area (Å²) in [5.41, 5.74) is 0.877. The van der Waals surface area contributed by atoms with Crippen LogP contribution < -0.4 is 9.62 Å². The summed E-state index contributed by atoms with van der Waals surface area (Å²) in [5.74, 6) is -1.45. The zero-order valence-corrected chi connectivity index (χ0v) is 19.8. The number of nitrogens with zero attached hydrogens (tertiary/aromatic N) is 2. The van der Waals surface area contributed by atoms with Crippen molar-refractivity contribution in [3.63, 3.8) is 0 Å². The lowest BCUT2D eigenvalue weighted by molar-refractivity contribution is -0.139. The van der Waals surface area contributed by atoms with E-state index in [1.54, 1.807) is 31.2 Å². The smallest absolute Gasteiger partial charge is 0.244 e. The summed E-state index contributed by atoms with van der Waals surface area (Å²) in [4.78, 5) is 27.2. The Morgan fingerprint density at radius 3 is 2.22 bits per heavy atom. The van der Waals surface area contributed by atoms with E-state index in [4.69, 9.17) is 11.6 Å². The second-order valence-electron chi connectivity index (χ2n) is 7.36. The molecule has 0 aliphatic rings. The van der Waals surface area contributed by atoms with E-state index in [1.165, 1.54) is 17.0 Å². The highest BCUT2D eigenvalue weighted by atomic mass is 35.5. The van der Waals surface area contributed by atoms with Crippen molar-refractivity contribution in [1.29, 1.82) is 0 Å². The van der Waals surface area contributed by atoms with Gasteiger partial charge >= 0.3 is 0 Å². The van der Waals surface area contributed by atoms with Crippen molar-refractivity contribution >= 4 is 39.1 Å². The van der Waals surface area contributed by atoms with E-state index in [2.05, 4.69) is 5.32 Å². The summed E-state index contributed by atoms with van der Waals surface area (Å²) in [7, 11) is -3.85. The van der Waals surface area contributed by atoms with Crippen molar-refractivity contribution in [2.75, 3.05) is 23.7 Å². The molecule has 2 aromatic rings. The second-order valence-corrected chi connectivity index (χ2v) is 9.70. The second kappa shape index (κ2) is 11.3. The number of sulfonamides is 1. The maximum Gasteiger partial charge on any atom is 0.244 e. The minimum absolute atomic E-state index is 0.0811. The summed E-state index contributed by atoms with van der Waals surface area (Å²) in [6.07, 6.45) is 1.70. The summed E-state index contributed by atoms with van der Waals surface area (Å²) in [6.45, 7) is 3.49. The molecule has 0 bridgehead atoms. The Morgan fingerprint density at radius 2 is 1.69 bits per heavy atom. The molecule has 2 amide bonds. The van der Waals surface area contributed by atoms with Crippen molar-refractivity contribution in [2.24, 2.45) is 0 Å². The van der Waals surface area contributed by atoms with Gasteiger partial charge in [0.05, 0.1) is 11.9 Å². The Labute approximate surface area is 193 Å². The maximum absolute atomic E-state index is 13.3. The van der Waals surface area contributed by atoms with E-state index < -0.39 is 34.3 Å². The molecule has 2 aromatic carbocycles. The van der Waals surface area contributed by atoms with Gasteiger partial charge in [0.25, 0.3) is 0 Å². The lowest BCUT2D eigenvalue weighted by atomic mass is 10.1. The number of carbonyl (C=O) groups is 2. The van der Waals surface area contributed by atoms with Gasteiger partial charge in [-0.1, -0.05) is 30.7 Å². The summed E-state index contributed by atoms with van der Waals surface area (Å²) < 4.78 is 39.0. The Kier molecular flexibility index (Phi) is 9.03. The molecule has 7 nitrogen and oxygen atoms in total. The first kappa shape index (κ1) is 25.6. The quantitative estimate of drug-likeness (QED) is 0.562. The van der Waals surface area contributed by atoms with Crippen LogP contribution in [-0.4, -0.2) is 50.5 Å². The number of amides is 2. The van der Waals surface area contributed by atoms with Crippen LogP contribution in [0.3, 0.4) is 0 Å². The van der Waals surface area contributed by atoms with Crippen LogP contribution in [0.5, 0.6) is 0 Å². The predicted molar refractivity (Wildman–Crippen MR) is 123 cm³/mol. The van der Waals surface area contributed by atoms with Crippen LogP contribution in [0.4, 0.5) is 10.1 Å². The first-order chi connectivity index (χ1) is 15.0. The van der Waals surface area contributed by atoms with Crippen LogP contribution in [0.2, 0.25) is 5.02 Å². The Hall–Kier alpha value is -2.65. The van der Waals surface area contributed by atoms with Gasteiger partial charge in [-0.05, 0) is 55.3 Å². The van der Waals surface area contributed by atoms with Crippen LogP contribution in [0.25, 0.3) is 0 Å². The molecule has 0 fully saturated rings. The number of halogens is 2. The number of carbonyl (C=O) groups excluding carboxylic acids is 2. The van der Waals surface area contributed by atoms with Gasteiger partial charge in [-0.15, -0.1) is 0 Å².